The summed E-state index contributed by atoms with van der Waals surface area (Å²) < 4.78 is 6.47. The second kappa shape index (κ2) is 4.54. The molecule has 0 N–H and O–H groups in total. The molecular weight excluding hydrogens is 254 g/mol. The Kier molecular flexibility index (Phi) is 3.32. The summed E-state index contributed by atoms with van der Waals surface area (Å²) in [4.78, 5) is 2.37. The average molecular weight is 270 g/mol. The van der Waals surface area contributed by atoms with E-state index in [2.05, 4.69) is 40.0 Å². The predicted octanol–water partition coefficient (Wildman–Crippen LogP) is 2.49. The van der Waals surface area contributed by atoms with E-state index in [0.717, 1.165) is 31.7 Å². The van der Waals surface area contributed by atoms with E-state index < -0.39 is 0 Å². The highest BCUT2D eigenvalue weighted by Gasteiger charge is 2.14. The maximum Gasteiger partial charge on any atom is 0.120 e. The smallest absolute Gasteiger partial charge is 0.120 e. The summed E-state index contributed by atoms with van der Waals surface area (Å²) in [5.41, 5.74) is 2.87. The standard InChI is InChI=1S/C12H16BrNO/c1-14-5-3-9-7-10(15-2)8-12(13)11(9)4-6-14/h7-8H,3-6H2,1-2H3. The maximum absolute atomic E-state index is 5.29. The molecule has 0 aromatic heterocycles. The molecule has 0 fully saturated rings. The second-order valence-corrected chi connectivity index (χ2v) is 4.90. The van der Waals surface area contributed by atoms with Crippen molar-refractivity contribution < 1.29 is 4.74 Å². The van der Waals surface area contributed by atoms with Crippen LogP contribution in [-0.4, -0.2) is 32.1 Å². The first-order chi connectivity index (χ1) is 7.20. The molecule has 1 aromatic carbocycles. The molecule has 2 nitrogen and oxygen atoms in total. The number of nitrogens with zero attached hydrogens (tertiary/aromatic N) is 1. The zero-order valence-corrected chi connectivity index (χ0v) is 10.8. The van der Waals surface area contributed by atoms with Crippen molar-refractivity contribution in [1.29, 1.82) is 0 Å². The lowest BCUT2D eigenvalue weighted by Crippen LogP contribution is -2.20. The third-order valence-corrected chi connectivity index (χ3v) is 3.71. The van der Waals surface area contributed by atoms with Gasteiger partial charge in [-0.25, -0.2) is 0 Å². The Labute approximate surface area is 99.4 Å². The van der Waals surface area contributed by atoms with E-state index in [1.165, 1.54) is 15.6 Å². The molecule has 0 bridgehead atoms. The molecule has 0 saturated heterocycles. The summed E-state index contributed by atoms with van der Waals surface area (Å²) in [5, 5.41) is 0. The van der Waals surface area contributed by atoms with Gasteiger partial charge < -0.3 is 9.64 Å². The minimum absolute atomic E-state index is 0.949. The van der Waals surface area contributed by atoms with E-state index >= 15 is 0 Å². The largest absolute Gasteiger partial charge is 0.497 e. The molecule has 0 amide bonds. The molecule has 0 saturated carbocycles. The number of hydrogen-bond donors (Lipinski definition) is 0. The third-order valence-electron chi connectivity index (χ3n) is 3.00. The van der Waals surface area contributed by atoms with Crippen LogP contribution in [0.5, 0.6) is 5.75 Å². The molecule has 1 aliphatic rings. The SMILES string of the molecule is COc1cc(Br)c2c(c1)CCN(C)CC2. The molecule has 15 heavy (non-hydrogen) atoms. The van der Waals surface area contributed by atoms with Crippen molar-refractivity contribution in [3.05, 3.63) is 27.7 Å². The quantitative estimate of drug-likeness (QED) is 0.777. The van der Waals surface area contributed by atoms with Crippen LogP contribution in [0.4, 0.5) is 0 Å². The molecule has 0 unspecified atom stereocenters. The summed E-state index contributed by atoms with van der Waals surface area (Å²) >= 11 is 3.63. The van der Waals surface area contributed by atoms with Gasteiger partial charge in [-0.3, -0.25) is 0 Å². The fraction of sp³-hybridized carbons (Fsp3) is 0.500. The van der Waals surface area contributed by atoms with E-state index in [0.29, 0.717) is 0 Å². The molecule has 0 aliphatic carbocycles. The van der Waals surface area contributed by atoms with Gasteiger partial charge in [0.25, 0.3) is 0 Å². The van der Waals surface area contributed by atoms with Crippen molar-refractivity contribution >= 4 is 15.9 Å². The Morgan fingerprint density at radius 3 is 2.73 bits per heavy atom. The first kappa shape index (κ1) is 11.0. The number of likely N-dealkylation sites (N-methyl/N-ethyl adjacent to an activating group) is 1. The van der Waals surface area contributed by atoms with Gasteiger partial charge >= 0.3 is 0 Å². The van der Waals surface area contributed by atoms with Gasteiger partial charge in [-0.05, 0) is 43.1 Å². The lowest BCUT2D eigenvalue weighted by Gasteiger charge is -2.11. The van der Waals surface area contributed by atoms with Crippen molar-refractivity contribution in [2.75, 3.05) is 27.2 Å². The Morgan fingerprint density at radius 2 is 2.00 bits per heavy atom. The van der Waals surface area contributed by atoms with Crippen LogP contribution >= 0.6 is 15.9 Å². The van der Waals surface area contributed by atoms with Crippen molar-refractivity contribution in [3.8, 4) is 5.75 Å². The van der Waals surface area contributed by atoms with Crippen LogP contribution in [-0.2, 0) is 12.8 Å². The number of benzene rings is 1. The third kappa shape index (κ3) is 2.34. The zero-order chi connectivity index (χ0) is 10.8. The van der Waals surface area contributed by atoms with E-state index in [1.54, 1.807) is 7.11 Å². The van der Waals surface area contributed by atoms with Gasteiger partial charge in [0.1, 0.15) is 5.75 Å². The molecule has 3 heteroatoms. The molecule has 1 aromatic rings. The Balaban J connectivity index is 2.38. The molecule has 0 radical (unpaired) electrons. The zero-order valence-electron chi connectivity index (χ0n) is 9.22. The van der Waals surface area contributed by atoms with Gasteiger partial charge in [0.15, 0.2) is 0 Å². The van der Waals surface area contributed by atoms with E-state index in [9.17, 15) is 0 Å². The number of ether oxygens (including phenoxy) is 1. The molecule has 0 atom stereocenters. The number of methoxy groups -OCH3 is 1. The van der Waals surface area contributed by atoms with Gasteiger partial charge in [-0.15, -0.1) is 0 Å². The number of halogens is 1. The van der Waals surface area contributed by atoms with Crippen LogP contribution in [0.15, 0.2) is 16.6 Å². The second-order valence-electron chi connectivity index (χ2n) is 4.05. The predicted molar refractivity (Wildman–Crippen MR) is 65.6 cm³/mol. The highest BCUT2D eigenvalue weighted by atomic mass is 79.9. The van der Waals surface area contributed by atoms with Crippen molar-refractivity contribution in [1.82, 2.24) is 4.90 Å². The van der Waals surface area contributed by atoms with Crippen molar-refractivity contribution in [2.24, 2.45) is 0 Å². The molecule has 1 aliphatic heterocycles. The first-order valence-corrected chi connectivity index (χ1v) is 6.04. The molecule has 82 valence electrons. The first-order valence-electron chi connectivity index (χ1n) is 5.24. The van der Waals surface area contributed by atoms with E-state index in [1.807, 2.05) is 0 Å². The lowest BCUT2D eigenvalue weighted by atomic mass is 10.0. The number of rotatable bonds is 1. The van der Waals surface area contributed by atoms with Crippen molar-refractivity contribution in [2.45, 2.75) is 12.8 Å². The topological polar surface area (TPSA) is 12.5 Å². The fourth-order valence-electron chi connectivity index (χ4n) is 2.01. The highest BCUT2D eigenvalue weighted by molar-refractivity contribution is 9.10. The van der Waals surface area contributed by atoms with Crippen LogP contribution in [0.2, 0.25) is 0 Å². The monoisotopic (exact) mass is 269 g/mol. The van der Waals surface area contributed by atoms with Gasteiger partial charge in [-0.1, -0.05) is 15.9 Å². The van der Waals surface area contributed by atoms with Crippen LogP contribution < -0.4 is 4.74 Å². The maximum atomic E-state index is 5.29. The van der Waals surface area contributed by atoms with E-state index in [4.69, 9.17) is 4.74 Å². The van der Waals surface area contributed by atoms with Crippen LogP contribution in [0.3, 0.4) is 0 Å². The lowest BCUT2D eigenvalue weighted by molar-refractivity contribution is 0.352. The minimum atomic E-state index is 0.949. The van der Waals surface area contributed by atoms with Crippen molar-refractivity contribution in [3.63, 3.8) is 0 Å². The summed E-state index contributed by atoms with van der Waals surface area (Å²) in [5.74, 6) is 0.949. The molecule has 1 heterocycles. The summed E-state index contributed by atoms with van der Waals surface area (Å²) in [7, 11) is 3.90. The van der Waals surface area contributed by atoms with Crippen LogP contribution in [0.25, 0.3) is 0 Å². The van der Waals surface area contributed by atoms with Gasteiger partial charge in [0, 0.05) is 17.6 Å². The van der Waals surface area contributed by atoms with E-state index in [-0.39, 0.29) is 0 Å². The molecular formula is C12H16BrNO. The van der Waals surface area contributed by atoms with Crippen LogP contribution in [0.1, 0.15) is 11.1 Å². The van der Waals surface area contributed by atoms with Gasteiger partial charge in [0.2, 0.25) is 0 Å². The van der Waals surface area contributed by atoms with Gasteiger partial charge in [0.05, 0.1) is 7.11 Å². The fourth-order valence-corrected chi connectivity index (χ4v) is 2.69. The normalized spacial score (nSPS) is 17.0. The van der Waals surface area contributed by atoms with Crippen LogP contribution in [0, 0.1) is 0 Å². The Hall–Kier alpha value is -0.540. The Morgan fingerprint density at radius 1 is 1.27 bits per heavy atom. The highest BCUT2D eigenvalue weighted by Crippen LogP contribution is 2.29. The summed E-state index contributed by atoms with van der Waals surface area (Å²) in [6.45, 7) is 2.27. The Bertz CT molecular complexity index is 365. The summed E-state index contributed by atoms with van der Waals surface area (Å²) in [6.07, 6.45) is 2.23. The number of hydrogen-bond acceptors (Lipinski definition) is 2. The summed E-state index contributed by atoms with van der Waals surface area (Å²) in [6, 6.07) is 4.23. The minimum Gasteiger partial charge on any atom is -0.497 e. The molecule has 2 rings (SSSR count). The van der Waals surface area contributed by atoms with Gasteiger partial charge in [-0.2, -0.15) is 0 Å². The average Bonchev–Trinajstić information content (AvgIpc) is 2.41. The number of fused-ring (bicyclic) bond motifs is 1. The molecule has 0 spiro atoms.